The lowest BCUT2D eigenvalue weighted by Crippen LogP contribution is -2.12. The summed E-state index contributed by atoms with van der Waals surface area (Å²) in [6.07, 6.45) is 0. The predicted molar refractivity (Wildman–Crippen MR) is 57.0 cm³/mol. The highest BCUT2D eigenvalue weighted by Crippen LogP contribution is 2.31. The fourth-order valence-electron chi connectivity index (χ4n) is 1.05. The number of thiophene rings is 1. The van der Waals surface area contributed by atoms with Crippen LogP contribution in [0.2, 0.25) is 0 Å². The molecule has 1 rings (SSSR count). The van der Waals surface area contributed by atoms with Crippen LogP contribution >= 0.6 is 11.3 Å². The molecule has 0 fully saturated rings. The van der Waals surface area contributed by atoms with Crippen molar-refractivity contribution in [1.82, 2.24) is 0 Å². The standard InChI is InChI=1S/C10H17NOS/c1-10(2,3)9-5-4-8(13-9)7(11)6-12/h4-5,7,12H,6,11H2,1-3H3. The lowest BCUT2D eigenvalue weighted by atomic mass is 9.95. The Bertz CT molecular complexity index is 275. The van der Waals surface area contributed by atoms with Crippen molar-refractivity contribution in [2.75, 3.05) is 6.61 Å². The van der Waals surface area contributed by atoms with Crippen LogP contribution in [0.4, 0.5) is 0 Å². The fraction of sp³-hybridized carbons (Fsp3) is 0.600. The lowest BCUT2D eigenvalue weighted by Gasteiger charge is -2.15. The molecule has 0 amide bonds. The van der Waals surface area contributed by atoms with Crippen molar-refractivity contribution in [3.05, 3.63) is 21.9 Å². The van der Waals surface area contributed by atoms with E-state index in [-0.39, 0.29) is 18.1 Å². The van der Waals surface area contributed by atoms with Crippen LogP contribution < -0.4 is 5.73 Å². The van der Waals surface area contributed by atoms with Crippen LogP contribution in [0.15, 0.2) is 12.1 Å². The maximum Gasteiger partial charge on any atom is 0.0632 e. The van der Waals surface area contributed by atoms with Crippen molar-refractivity contribution in [2.45, 2.75) is 32.2 Å². The van der Waals surface area contributed by atoms with Gasteiger partial charge >= 0.3 is 0 Å². The highest BCUT2D eigenvalue weighted by Gasteiger charge is 2.17. The normalized spacial score (nSPS) is 14.5. The quantitative estimate of drug-likeness (QED) is 0.765. The van der Waals surface area contributed by atoms with Gasteiger partial charge in [0.15, 0.2) is 0 Å². The third-order valence-corrected chi connectivity index (χ3v) is 3.57. The Morgan fingerprint density at radius 1 is 1.46 bits per heavy atom. The van der Waals surface area contributed by atoms with Gasteiger partial charge in [-0.25, -0.2) is 0 Å². The SMILES string of the molecule is CC(C)(C)c1ccc(C(N)CO)s1. The predicted octanol–water partition coefficient (Wildman–Crippen LogP) is 2.04. The minimum Gasteiger partial charge on any atom is -0.394 e. The van der Waals surface area contributed by atoms with Crippen LogP contribution in [0.3, 0.4) is 0 Å². The molecule has 1 unspecified atom stereocenters. The first kappa shape index (κ1) is 10.7. The molecular formula is C10H17NOS. The van der Waals surface area contributed by atoms with Crippen LogP contribution in [0, 0.1) is 0 Å². The molecule has 0 saturated heterocycles. The van der Waals surface area contributed by atoms with E-state index in [4.69, 9.17) is 10.8 Å². The second kappa shape index (κ2) is 3.78. The molecule has 0 bridgehead atoms. The van der Waals surface area contributed by atoms with Gasteiger partial charge in [0.25, 0.3) is 0 Å². The van der Waals surface area contributed by atoms with Gasteiger partial charge in [-0.1, -0.05) is 20.8 Å². The molecule has 0 spiro atoms. The monoisotopic (exact) mass is 199 g/mol. The first-order chi connectivity index (χ1) is 5.95. The Balaban J connectivity index is 2.87. The Morgan fingerprint density at radius 2 is 2.08 bits per heavy atom. The molecule has 1 atom stereocenters. The van der Waals surface area contributed by atoms with Crippen LogP contribution in [-0.4, -0.2) is 11.7 Å². The second-order valence-electron chi connectivity index (χ2n) is 4.24. The molecule has 0 aliphatic heterocycles. The van der Waals surface area contributed by atoms with E-state index in [1.54, 1.807) is 11.3 Å². The Morgan fingerprint density at radius 3 is 2.46 bits per heavy atom. The zero-order valence-electron chi connectivity index (χ0n) is 8.37. The van der Waals surface area contributed by atoms with Crippen LogP contribution in [0.1, 0.15) is 36.6 Å². The summed E-state index contributed by atoms with van der Waals surface area (Å²) in [6, 6.07) is 3.88. The summed E-state index contributed by atoms with van der Waals surface area (Å²) in [4.78, 5) is 2.37. The van der Waals surface area contributed by atoms with Crippen molar-refractivity contribution >= 4 is 11.3 Å². The number of aliphatic hydroxyl groups excluding tert-OH is 1. The van der Waals surface area contributed by atoms with Gasteiger partial charge in [0, 0.05) is 9.75 Å². The van der Waals surface area contributed by atoms with E-state index in [9.17, 15) is 0 Å². The van der Waals surface area contributed by atoms with E-state index in [2.05, 4.69) is 26.8 Å². The van der Waals surface area contributed by atoms with E-state index in [0.29, 0.717) is 0 Å². The number of rotatable bonds is 2. The first-order valence-electron chi connectivity index (χ1n) is 4.42. The molecule has 13 heavy (non-hydrogen) atoms. The van der Waals surface area contributed by atoms with Gasteiger partial charge in [-0.2, -0.15) is 0 Å². The number of hydrogen-bond acceptors (Lipinski definition) is 3. The fourth-order valence-corrected chi connectivity index (χ4v) is 2.10. The molecule has 0 aromatic carbocycles. The van der Waals surface area contributed by atoms with Crippen molar-refractivity contribution < 1.29 is 5.11 Å². The maximum absolute atomic E-state index is 8.88. The Hall–Kier alpha value is -0.380. The molecule has 3 N–H and O–H groups in total. The smallest absolute Gasteiger partial charge is 0.0632 e. The summed E-state index contributed by atoms with van der Waals surface area (Å²) in [5.41, 5.74) is 5.89. The van der Waals surface area contributed by atoms with Crippen molar-refractivity contribution in [1.29, 1.82) is 0 Å². The summed E-state index contributed by atoms with van der Waals surface area (Å²) in [5, 5.41) is 8.88. The third kappa shape index (κ3) is 2.53. The number of nitrogens with two attached hydrogens (primary N) is 1. The lowest BCUT2D eigenvalue weighted by molar-refractivity contribution is 0.269. The topological polar surface area (TPSA) is 46.2 Å². The molecule has 3 heteroatoms. The zero-order chi connectivity index (χ0) is 10.1. The Kier molecular flexibility index (Phi) is 3.11. The van der Waals surface area contributed by atoms with Gasteiger partial charge in [0.05, 0.1) is 12.6 Å². The van der Waals surface area contributed by atoms with Gasteiger partial charge in [0.1, 0.15) is 0 Å². The second-order valence-corrected chi connectivity index (χ2v) is 5.36. The van der Waals surface area contributed by atoms with Crippen LogP contribution in [0.25, 0.3) is 0 Å². The van der Waals surface area contributed by atoms with E-state index < -0.39 is 0 Å². The third-order valence-electron chi connectivity index (χ3n) is 1.93. The zero-order valence-corrected chi connectivity index (χ0v) is 9.19. The van der Waals surface area contributed by atoms with Crippen molar-refractivity contribution in [3.8, 4) is 0 Å². The van der Waals surface area contributed by atoms with E-state index in [1.807, 2.05) is 6.07 Å². The summed E-state index contributed by atoms with van der Waals surface area (Å²) in [7, 11) is 0. The molecule has 0 aliphatic rings. The maximum atomic E-state index is 8.88. The Labute approximate surface area is 83.4 Å². The summed E-state index contributed by atoms with van der Waals surface area (Å²) < 4.78 is 0. The molecule has 2 nitrogen and oxygen atoms in total. The van der Waals surface area contributed by atoms with E-state index in [1.165, 1.54) is 4.88 Å². The van der Waals surface area contributed by atoms with Crippen molar-refractivity contribution in [2.24, 2.45) is 5.73 Å². The number of aliphatic hydroxyl groups is 1. The minimum absolute atomic E-state index is 0.0180. The summed E-state index contributed by atoms with van der Waals surface area (Å²) >= 11 is 1.69. The van der Waals surface area contributed by atoms with E-state index >= 15 is 0 Å². The molecule has 1 aromatic heterocycles. The largest absolute Gasteiger partial charge is 0.394 e. The highest BCUT2D eigenvalue weighted by molar-refractivity contribution is 7.12. The summed E-state index contributed by atoms with van der Waals surface area (Å²) in [5.74, 6) is 0. The molecule has 0 saturated carbocycles. The van der Waals surface area contributed by atoms with Gasteiger partial charge in [-0.15, -0.1) is 11.3 Å². The molecular weight excluding hydrogens is 182 g/mol. The molecule has 0 radical (unpaired) electrons. The molecule has 0 aliphatic carbocycles. The van der Waals surface area contributed by atoms with Gasteiger partial charge in [0.2, 0.25) is 0 Å². The summed E-state index contributed by atoms with van der Waals surface area (Å²) in [6.45, 7) is 6.54. The highest BCUT2D eigenvalue weighted by atomic mass is 32.1. The average Bonchev–Trinajstić information content (AvgIpc) is 2.50. The van der Waals surface area contributed by atoms with Crippen molar-refractivity contribution in [3.63, 3.8) is 0 Å². The van der Waals surface area contributed by atoms with Crippen LogP contribution in [-0.2, 0) is 5.41 Å². The van der Waals surface area contributed by atoms with Gasteiger partial charge in [-0.05, 0) is 17.5 Å². The molecule has 74 valence electrons. The van der Waals surface area contributed by atoms with Crippen LogP contribution in [0.5, 0.6) is 0 Å². The number of hydrogen-bond donors (Lipinski definition) is 2. The van der Waals surface area contributed by atoms with Gasteiger partial charge < -0.3 is 10.8 Å². The van der Waals surface area contributed by atoms with E-state index in [0.717, 1.165) is 4.88 Å². The molecule has 1 aromatic rings. The first-order valence-corrected chi connectivity index (χ1v) is 5.23. The average molecular weight is 199 g/mol. The minimum atomic E-state index is -0.221. The van der Waals surface area contributed by atoms with Gasteiger partial charge in [-0.3, -0.25) is 0 Å². The molecule has 1 heterocycles.